The molecular formula is C21H25N3O4. The maximum absolute atomic E-state index is 12.3. The zero-order valence-corrected chi connectivity index (χ0v) is 15.9. The van der Waals surface area contributed by atoms with Crippen molar-refractivity contribution in [3.05, 3.63) is 65.2 Å². The number of hydrogen-bond donors (Lipinski definition) is 3. The Morgan fingerprint density at radius 2 is 1.71 bits per heavy atom. The highest BCUT2D eigenvalue weighted by molar-refractivity contribution is 5.96. The maximum Gasteiger partial charge on any atom is 0.316 e. The summed E-state index contributed by atoms with van der Waals surface area (Å²) in [7, 11) is 0. The van der Waals surface area contributed by atoms with Gasteiger partial charge in [-0.1, -0.05) is 30.3 Å². The number of rotatable bonds is 9. The van der Waals surface area contributed by atoms with Crippen molar-refractivity contribution in [3.8, 4) is 0 Å². The molecule has 0 aliphatic rings. The van der Waals surface area contributed by atoms with E-state index in [0.29, 0.717) is 43.7 Å². The van der Waals surface area contributed by atoms with Crippen LogP contribution in [-0.4, -0.2) is 31.1 Å². The summed E-state index contributed by atoms with van der Waals surface area (Å²) < 4.78 is 4.94. The molecule has 0 saturated heterocycles. The summed E-state index contributed by atoms with van der Waals surface area (Å²) >= 11 is 0. The molecule has 3 amide bonds. The van der Waals surface area contributed by atoms with Crippen LogP contribution in [0.2, 0.25) is 0 Å². The molecule has 0 spiro atoms. The Morgan fingerprint density at radius 3 is 2.43 bits per heavy atom. The number of urea groups is 1. The lowest BCUT2D eigenvalue weighted by Gasteiger charge is -2.08. The van der Waals surface area contributed by atoms with Gasteiger partial charge in [0.25, 0.3) is 5.91 Å². The van der Waals surface area contributed by atoms with Crippen molar-refractivity contribution in [2.75, 3.05) is 18.5 Å². The van der Waals surface area contributed by atoms with Crippen molar-refractivity contribution in [2.45, 2.75) is 26.2 Å². The van der Waals surface area contributed by atoms with Crippen molar-refractivity contribution in [1.29, 1.82) is 0 Å². The Labute approximate surface area is 164 Å². The number of esters is 1. The van der Waals surface area contributed by atoms with E-state index < -0.39 is 6.03 Å². The normalized spacial score (nSPS) is 10.2. The summed E-state index contributed by atoms with van der Waals surface area (Å²) in [6, 6.07) is 13.8. The number of aryl methyl sites for hydroxylation is 1. The van der Waals surface area contributed by atoms with Crippen molar-refractivity contribution in [3.63, 3.8) is 0 Å². The van der Waals surface area contributed by atoms with Crippen LogP contribution in [0.25, 0.3) is 0 Å². The molecule has 0 heterocycles. The van der Waals surface area contributed by atoms with Crippen LogP contribution in [0, 0.1) is 0 Å². The van der Waals surface area contributed by atoms with Crippen LogP contribution in [0.5, 0.6) is 0 Å². The highest BCUT2D eigenvalue weighted by Crippen LogP contribution is 2.11. The molecule has 7 nitrogen and oxygen atoms in total. The minimum absolute atomic E-state index is 0.201. The first kappa shape index (κ1) is 21.0. The maximum atomic E-state index is 12.3. The topological polar surface area (TPSA) is 111 Å². The molecule has 0 aliphatic heterocycles. The van der Waals surface area contributed by atoms with E-state index in [2.05, 4.69) is 10.6 Å². The Hall–Kier alpha value is -3.35. The number of carbonyl (C=O) groups is 3. The molecule has 0 bridgehead atoms. The van der Waals surface area contributed by atoms with E-state index in [1.165, 1.54) is 0 Å². The van der Waals surface area contributed by atoms with Gasteiger partial charge < -0.3 is 21.1 Å². The van der Waals surface area contributed by atoms with Gasteiger partial charge in [0, 0.05) is 24.2 Å². The van der Waals surface area contributed by atoms with Gasteiger partial charge in [0.05, 0.1) is 6.61 Å². The van der Waals surface area contributed by atoms with Gasteiger partial charge in [-0.3, -0.25) is 9.59 Å². The summed E-state index contributed by atoms with van der Waals surface area (Å²) in [5, 5.41) is 5.30. The minimum atomic E-state index is -0.680. The number of anilines is 1. The van der Waals surface area contributed by atoms with Crippen LogP contribution >= 0.6 is 0 Å². The average Bonchev–Trinajstić information content (AvgIpc) is 2.66. The second-order valence-corrected chi connectivity index (χ2v) is 6.20. The van der Waals surface area contributed by atoms with Crippen LogP contribution in [0.1, 0.15) is 34.8 Å². The highest BCUT2D eigenvalue weighted by Gasteiger charge is 2.07. The molecule has 0 fully saturated rings. The van der Waals surface area contributed by atoms with Crippen molar-refractivity contribution in [1.82, 2.24) is 5.32 Å². The average molecular weight is 383 g/mol. The number of amides is 3. The summed E-state index contributed by atoms with van der Waals surface area (Å²) in [5.41, 5.74) is 8.12. The van der Waals surface area contributed by atoms with Crippen molar-refractivity contribution < 1.29 is 19.1 Å². The molecule has 2 rings (SSSR count). The van der Waals surface area contributed by atoms with E-state index >= 15 is 0 Å². The molecule has 0 aromatic heterocycles. The Kier molecular flexibility index (Phi) is 8.02. The van der Waals surface area contributed by atoms with Gasteiger partial charge in [0.2, 0.25) is 0 Å². The van der Waals surface area contributed by atoms with E-state index in [1.807, 2.05) is 24.3 Å². The zero-order valence-electron chi connectivity index (χ0n) is 15.9. The monoisotopic (exact) mass is 383 g/mol. The fourth-order valence-electron chi connectivity index (χ4n) is 2.72. The standard InChI is InChI=1S/C21H25N3O4/c1-2-28-19(25)10-9-15-5-3-6-16(13-15)11-12-23-20(26)17-7-4-8-18(14-17)24-21(22)27/h3-8,13-14H,2,9-12H2,1H3,(H,23,26)(H3,22,24,27). The molecule has 0 unspecified atom stereocenters. The molecule has 2 aromatic carbocycles. The van der Waals surface area contributed by atoms with Crippen LogP contribution in [-0.2, 0) is 22.4 Å². The molecule has 0 aliphatic carbocycles. The summed E-state index contributed by atoms with van der Waals surface area (Å²) in [6.07, 6.45) is 1.64. The molecule has 7 heteroatoms. The Morgan fingerprint density at radius 1 is 1.00 bits per heavy atom. The largest absolute Gasteiger partial charge is 0.466 e. The smallest absolute Gasteiger partial charge is 0.316 e. The molecule has 0 atom stereocenters. The number of benzene rings is 2. The van der Waals surface area contributed by atoms with E-state index in [9.17, 15) is 14.4 Å². The third kappa shape index (κ3) is 7.11. The number of ether oxygens (including phenoxy) is 1. The lowest BCUT2D eigenvalue weighted by atomic mass is 10.0. The second-order valence-electron chi connectivity index (χ2n) is 6.20. The SMILES string of the molecule is CCOC(=O)CCc1cccc(CCNC(=O)c2cccc(NC(N)=O)c2)c1. The van der Waals surface area contributed by atoms with E-state index in [-0.39, 0.29) is 11.9 Å². The lowest BCUT2D eigenvalue weighted by molar-refractivity contribution is -0.143. The molecule has 148 valence electrons. The first-order valence-corrected chi connectivity index (χ1v) is 9.16. The molecule has 28 heavy (non-hydrogen) atoms. The molecule has 2 aromatic rings. The summed E-state index contributed by atoms with van der Waals surface area (Å²) in [5.74, 6) is -0.431. The highest BCUT2D eigenvalue weighted by atomic mass is 16.5. The van der Waals surface area contributed by atoms with Crippen molar-refractivity contribution >= 4 is 23.6 Å². The van der Waals surface area contributed by atoms with E-state index in [0.717, 1.165) is 11.1 Å². The van der Waals surface area contributed by atoms with Gasteiger partial charge in [-0.2, -0.15) is 0 Å². The van der Waals surface area contributed by atoms with Gasteiger partial charge in [0.1, 0.15) is 0 Å². The third-order valence-corrected chi connectivity index (χ3v) is 4.01. The number of carbonyl (C=O) groups excluding carboxylic acids is 3. The Balaban J connectivity index is 1.84. The van der Waals surface area contributed by atoms with Gasteiger partial charge in [0.15, 0.2) is 0 Å². The van der Waals surface area contributed by atoms with Gasteiger partial charge in [-0.05, 0) is 49.1 Å². The second kappa shape index (κ2) is 10.7. The van der Waals surface area contributed by atoms with Gasteiger partial charge in [-0.25, -0.2) is 4.79 Å². The first-order valence-electron chi connectivity index (χ1n) is 9.16. The number of nitrogens with one attached hydrogen (secondary N) is 2. The summed E-state index contributed by atoms with van der Waals surface area (Å²) in [6.45, 7) is 2.64. The predicted molar refractivity (Wildman–Crippen MR) is 107 cm³/mol. The predicted octanol–water partition coefficient (Wildman–Crippen LogP) is 2.65. The van der Waals surface area contributed by atoms with Gasteiger partial charge in [-0.15, -0.1) is 0 Å². The molecule has 0 radical (unpaired) electrons. The molecular weight excluding hydrogens is 358 g/mol. The molecule has 0 saturated carbocycles. The van der Waals surface area contributed by atoms with Gasteiger partial charge >= 0.3 is 12.0 Å². The lowest BCUT2D eigenvalue weighted by Crippen LogP contribution is -2.26. The first-order chi connectivity index (χ1) is 13.5. The van der Waals surface area contributed by atoms with E-state index in [1.54, 1.807) is 31.2 Å². The third-order valence-electron chi connectivity index (χ3n) is 4.01. The molecule has 4 N–H and O–H groups in total. The van der Waals surface area contributed by atoms with Crippen LogP contribution in [0.3, 0.4) is 0 Å². The summed E-state index contributed by atoms with van der Waals surface area (Å²) in [4.78, 5) is 34.6. The quantitative estimate of drug-likeness (QED) is 0.578. The van der Waals surface area contributed by atoms with Crippen LogP contribution in [0.4, 0.5) is 10.5 Å². The van der Waals surface area contributed by atoms with E-state index in [4.69, 9.17) is 10.5 Å². The fraction of sp³-hybridized carbons (Fsp3) is 0.286. The van der Waals surface area contributed by atoms with Crippen LogP contribution in [0.15, 0.2) is 48.5 Å². The van der Waals surface area contributed by atoms with Crippen molar-refractivity contribution in [2.24, 2.45) is 5.73 Å². The zero-order chi connectivity index (χ0) is 20.4. The number of primary amides is 1. The number of nitrogens with two attached hydrogens (primary N) is 1. The Bertz CT molecular complexity index is 836. The van der Waals surface area contributed by atoms with Crippen LogP contribution < -0.4 is 16.4 Å². The minimum Gasteiger partial charge on any atom is -0.466 e. The fourth-order valence-corrected chi connectivity index (χ4v) is 2.72. The number of hydrogen-bond acceptors (Lipinski definition) is 4.